The molecule has 4 rings (SSSR count). The van der Waals surface area contributed by atoms with E-state index < -0.39 is 0 Å². The van der Waals surface area contributed by atoms with Crippen LogP contribution in [0.5, 0.6) is 0 Å². The van der Waals surface area contributed by atoms with Crippen molar-refractivity contribution in [2.45, 2.75) is 38.5 Å². The molecule has 23 heavy (non-hydrogen) atoms. The Bertz CT molecular complexity index is 660. The molecular formula is C17H21N3O3. The maximum absolute atomic E-state index is 12.6. The molecule has 1 saturated carbocycles. The molecule has 2 aromatic rings. The number of ether oxygens (including phenoxy) is 1. The van der Waals surface area contributed by atoms with Crippen LogP contribution < -0.4 is 0 Å². The minimum absolute atomic E-state index is 0.00250. The fourth-order valence-electron chi connectivity index (χ4n) is 2.94. The van der Waals surface area contributed by atoms with Crippen LogP contribution in [0.15, 0.2) is 35.1 Å². The van der Waals surface area contributed by atoms with Crippen molar-refractivity contribution in [1.82, 2.24) is 14.7 Å². The minimum Gasteiger partial charge on any atom is -0.469 e. The lowest BCUT2D eigenvalue weighted by atomic mass is 10.2. The topological polar surface area (TPSA) is 60.5 Å². The molecule has 0 bridgehead atoms. The number of aromatic nitrogens is 2. The van der Waals surface area contributed by atoms with E-state index in [1.807, 2.05) is 27.8 Å². The molecule has 1 amide bonds. The van der Waals surface area contributed by atoms with Crippen LogP contribution in [0.25, 0.3) is 0 Å². The van der Waals surface area contributed by atoms with Gasteiger partial charge in [0.1, 0.15) is 5.76 Å². The molecule has 2 aliphatic rings. The summed E-state index contributed by atoms with van der Waals surface area (Å²) in [6, 6.07) is 5.61. The molecule has 6 nitrogen and oxygen atoms in total. The Morgan fingerprint density at radius 3 is 3.04 bits per heavy atom. The maximum Gasteiger partial charge on any atom is 0.230 e. The summed E-state index contributed by atoms with van der Waals surface area (Å²) in [5, 5.41) is 4.36. The van der Waals surface area contributed by atoms with Gasteiger partial charge in [-0.1, -0.05) is 0 Å². The van der Waals surface area contributed by atoms with Crippen LogP contribution in [0.3, 0.4) is 0 Å². The summed E-state index contributed by atoms with van der Waals surface area (Å²) in [4.78, 5) is 14.5. The van der Waals surface area contributed by atoms with Crippen LogP contribution in [0.2, 0.25) is 0 Å². The number of amides is 1. The molecule has 1 aliphatic carbocycles. The zero-order valence-electron chi connectivity index (χ0n) is 13.1. The van der Waals surface area contributed by atoms with E-state index in [1.54, 1.807) is 12.5 Å². The smallest absolute Gasteiger partial charge is 0.230 e. The molecule has 0 radical (unpaired) electrons. The molecule has 0 N–H and O–H groups in total. The van der Waals surface area contributed by atoms with E-state index in [1.165, 1.54) is 12.8 Å². The van der Waals surface area contributed by atoms with Crippen molar-refractivity contribution in [1.29, 1.82) is 0 Å². The van der Waals surface area contributed by atoms with Crippen LogP contribution in [0, 0.1) is 5.92 Å². The van der Waals surface area contributed by atoms with Crippen LogP contribution in [-0.2, 0) is 29.0 Å². The Morgan fingerprint density at radius 2 is 2.26 bits per heavy atom. The monoisotopic (exact) mass is 315 g/mol. The summed E-state index contributed by atoms with van der Waals surface area (Å²) < 4.78 is 13.3. The number of carbonyl (C=O) groups is 1. The Morgan fingerprint density at radius 1 is 1.35 bits per heavy atom. The zero-order chi connectivity index (χ0) is 15.6. The fraction of sp³-hybridized carbons (Fsp3) is 0.529. The highest BCUT2D eigenvalue weighted by Crippen LogP contribution is 2.29. The summed E-state index contributed by atoms with van der Waals surface area (Å²) in [7, 11) is 0. The van der Waals surface area contributed by atoms with E-state index >= 15 is 0 Å². The lowest BCUT2D eigenvalue weighted by Gasteiger charge is -2.24. The van der Waals surface area contributed by atoms with Gasteiger partial charge in [-0.2, -0.15) is 5.10 Å². The van der Waals surface area contributed by atoms with Crippen LogP contribution >= 0.6 is 0 Å². The van der Waals surface area contributed by atoms with E-state index in [-0.39, 0.29) is 18.4 Å². The molecule has 122 valence electrons. The van der Waals surface area contributed by atoms with Gasteiger partial charge in [0.25, 0.3) is 0 Å². The second-order valence-electron chi connectivity index (χ2n) is 6.43. The van der Waals surface area contributed by atoms with Crippen molar-refractivity contribution in [3.05, 3.63) is 42.1 Å². The molecule has 1 fully saturated rings. The summed E-state index contributed by atoms with van der Waals surface area (Å²) >= 11 is 0. The van der Waals surface area contributed by atoms with Crippen molar-refractivity contribution in [2.24, 2.45) is 5.92 Å². The first-order valence-corrected chi connectivity index (χ1v) is 8.20. The van der Waals surface area contributed by atoms with Gasteiger partial charge in [-0.15, -0.1) is 0 Å². The van der Waals surface area contributed by atoms with Crippen molar-refractivity contribution in [3.63, 3.8) is 0 Å². The minimum atomic E-state index is -0.00250. The first-order valence-electron chi connectivity index (χ1n) is 8.20. The number of nitrogens with zero attached hydrogens (tertiary/aromatic N) is 3. The van der Waals surface area contributed by atoms with Gasteiger partial charge in [0, 0.05) is 19.3 Å². The van der Waals surface area contributed by atoms with Crippen molar-refractivity contribution >= 4 is 5.91 Å². The number of rotatable bonds is 5. The third-order valence-electron chi connectivity index (χ3n) is 4.48. The Labute approximate surface area is 135 Å². The molecular weight excluding hydrogens is 294 g/mol. The number of fused-ring (bicyclic) bond motifs is 1. The standard InChI is InChI=1S/C17H21N3O3/c21-17(8-15-2-1-7-22-15)19-9-14-5-6-18-20(14)11-16(10-19)23-12-13-3-4-13/h1-2,5-7,13,16H,3-4,8-12H2/t16-/m1/s1. The largest absolute Gasteiger partial charge is 0.469 e. The van der Waals surface area contributed by atoms with E-state index in [0.717, 1.165) is 12.3 Å². The molecule has 6 heteroatoms. The SMILES string of the molecule is O=C(Cc1ccco1)N1Cc2ccnn2C[C@H](OCC2CC2)C1. The highest BCUT2D eigenvalue weighted by Gasteiger charge is 2.29. The number of hydrogen-bond acceptors (Lipinski definition) is 4. The average Bonchev–Trinajstić information content (AvgIpc) is 3.12. The number of carbonyl (C=O) groups excluding carboxylic acids is 1. The maximum atomic E-state index is 12.6. The predicted octanol–water partition coefficient (Wildman–Crippen LogP) is 1.86. The Hall–Kier alpha value is -2.08. The molecule has 1 aliphatic heterocycles. The van der Waals surface area contributed by atoms with Crippen molar-refractivity contribution in [2.75, 3.05) is 13.2 Å². The highest BCUT2D eigenvalue weighted by atomic mass is 16.5. The lowest BCUT2D eigenvalue weighted by molar-refractivity contribution is -0.133. The van der Waals surface area contributed by atoms with Gasteiger partial charge in [-0.05, 0) is 37.0 Å². The number of hydrogen-bond donors (Lipinski definition) is 0. The zero-order valence-corrected chi connectivity index (χ0v) is 13.1. The van der Waals surface area contributed by atoms with Crippen LogP contribution in [0.4, 0.5) is 0 Å². The number of furan rings is 1. The lowest BCUT2D eigenvalue weighted by Crippen LogP contribution is -2.38. The van der Waals surface area contributed by atoms with Crippen LogP contribution in [0.1, 0.15) is 24.3 Å². The Balaban J connectivity index is 1.47. The van der Waals surface area contributed by atoms with Gasteiger partial charge in [-0.3, -0.25) is 9.48 Å². The van der Waals surface area contributed by atoms with Gasteiger partial charge in [-0.25, -0.2) is 0 Å². The molecule has 0 spiro atoms. The second kappa shape index (κ2) is 6.20. The fourth-order valence-corrected chi connectivity index (χ4v) is 2.94. The van der Waals surface area contributed by atoms with Crippen LogP contribution in [-0.4, -0.2) is 39.8 Å². The first kappa shape index (κ1) is 14.5. The van der Waals surface area contributed by atoms with Gasteiger partial charge in [0.15, 0.2) is 0 Å². The third-order valence-corrected chi connectivity index (χ3v) is 4.48. The Kier molecular flexibility index (Phi) is 3.91. The van der Waals surface area contributed by atoms with E-state index in [9.17, 15) is 4.79 Å². The van der Waals surface area contributed by atoms with E-state index in [4.69, 9.17) is 9.15 Å². The van der Waals surface area contributed by atoms with Crippen molar-refractivity contribution in [3.8, 4) is 0 Å². The molecule has 0 unspecified atom stereocenters. The van der Waals surface area contributed by atoms with E-state index in [0.29, 0.717) is 31.3 Å². The van der Waals surface area contributed by atoms with Gasteiger partial charge >= 0.3 is 0 Å². The predicted molar refractivity (Wildman–Crippen MR) is 82.5 cm³/mol. The average molecular weight is 315 g/mol. The molecule has 2 aromatic heterocycles. The quantitative estimate of drug-likeness (QED) is 0.845. The highest BCUT2D eigenvalue weighted by molar-refractivity contribution is 5.78. The van der Waals surface area contributed by atoms with E-state index in [2.05, 4.69) is 5.10 Å². The summed E-state index contributed by atoms with van der Waals surface area (Å²) in [6.45, 7) is 2.68. The summed E-state index contributed by atoms with van der Waals surface area (Å²) in [6.07, 6.45) is 6.20. The summed E-state index contributed by atoms with van der Waals surface area (Å²) in [5.41, 5.74) is 1.05. The van der Waals surface area contributed by atoms with Crippen molar-refractivity contribution < 1.29 is 13.9 Å². The van der Waals surface area contributed by atoms with Gasteiger partial charge in [0.05, 0.1) is 37.6 Å². The van der Waals surface area contributed by atoms with Gasteiger partial charge in [0.2, 0.25) is 5.91 Å². The van der Waals surface area contributed by atoms with Gasteiger partial charge < -0.3 is 14.1 Å². The normalized spacial score (nSPS) is 21.0. The third kappa shape index (κ3) is 3.47. The molecule has 1 atom stereocenters. The summed E-state index contributed by atoms with van der Waals surface area (Å²) in [5.74, 6) is 1.47. The molecule has 0 saturated heterocycles. The first-order chi connectivity index (χ1) is 11.3. The molecule has 0 aromatic carbocycles. The molecule has 3 heterocycles. The second-order valence-corrected chi connectivity index (χ2v) is 6.43.